The fourth-order valence-corrected chi connectivity index (χ4v) is 3.15. The van der Waals surface area contributed by atoms with Crippen LogP contribution in [0.2, 0.25) is 0 Å². The Kier molecular flexibility index (Phi) is 9.60. The van der Waals surface area contributed by atoms with E-state index in [1.165, 1.54) is 18.7 Å². The summed E-state index contributed by atoms with van der Waals surface area (Å²) in [6.07, 6.45) is 0.885. The number of nitrogens with one attached hydrogen (secondary N) is 3. The third-order valence-electron chi connectivity index (χ3n) is 5.12. The van der Waals surface area contributed by atoms with Crippen molar-refractivity contribution in [2.75, 3.05) is 6.54 Å². The van der Waals surface area contributed by atoms with Crippen LogP contribution in [0.25, 0.3) is 0 Å². The summed E-state index contributed by atoms with van der Waals surface area (Å²) in [7, 11) is -4.51. The molecule has 1 fully saturated rings. The Morgan fingerprint density at radius 3 is 2.12 bits per heavy atom. The van der Waals surface area contributed by atoms with E-state index < -0.39 is 49.3 Å². The molecule has 1 saturated carbocycles. The van der Waals surface area contributed by atoms with E-state index in [-0.39, 0.29) is 19.2 Å². The Balaban J connectivity index is 1.82. The molecule has 188 valence electrons. The maximum absolute atomic E-state index is 12.5. The fourth-order valence-electron chi connectivity index (χ4n) is 2.86. The number of carbonyl (C=O) groups excluding carboxylic acids is 4. The standard InChI is InChI=1S/C21H31N4O8P/c1-13(19(27)23-14(2)20(28)24-15(3)34(30,31)32)22-18(26)11-25(17-9-10-17)21(29)33-12-16-7-5-4-6-8-16/h4-8,13-15,17H,9-12H2,1-3H3,(H,22,26)(H,23,27)(H,24,28)(H2,30,31,32)/t13-,14-,15+/m0/s1. The third kappa shape index (κ3) is 8.77. The molecule has 0 aromatic heterocycles. The molecular formula is C21H31N4O8P. The third-order valence-corrected chi connectivity index (χ3v) is 6.26. The number of ether oxygens (including phenoxy) is 1. The van der Waals surface area contributed by atoms with Crippen molar-refractivity contribution in [2.24, 2.45) is 0 Å². The summed E-state index contributed by atoms with van der Waals surface area (Å²) in [6, 6.07) is 6.90. The predicted molar refractivity (Wildman–Crippen MR) is 121 cm³/mol. The van der Waals surface area contributed by atoms with Crippen LogP contribution in [0.3, 0.4) is 0 Å². The minimum atomic E-state index is -4.51. The Hall–Kier alpha value is -2.95. The second-order valence-corrected chi connectivity index (χ2v) is 10.1. The quantitative estimate of drug-likeness (QED) is 0.273. The molecule has 0 bridgehead atoms. The molecule has 4 amide bonds. The van der Waals surface area contributed by atoms with Crippen LogP contribution in [-0.2, 0) is 30.3 Å². The van der Waals surface area contributed by atoms with E-state index in [9.17, 15) is 23.7 Å². The van der Waals surface area contributed by atoms with Crippen molar-refractivity contribution in [3.63, 3.8) is 0 Å². The topological polar surface area (TPSA) is 174 Å². The highest BCUT2D eigenvalue weighted by molar-refractivity contribution is 7.52. The predicted octanol–water partition coefficient (Wildman–Crippen LogP) is 0.437. The lowest BCUT2D eigenvalue weighted by Gasteiger charge is -2.23. The summed E-state index contributed by atoms with van der Waals surface area (Å²) >= 11 is 0. The molecule has 0 spiro atoms. The van der Waals surface area contributed by atoms with Crippen LogP contribution in [0, 0.1) is 0 Å². The van der Waals surface area contributed by atoms with Gasteiger partial charge in [0.25, 0.3) is 0 Å². The van der Waals surface area contributed by atoms with Gasteiger partial charge >= 0.3 is 13.7 Å². The Bertz CT molecular complexity index is 934. The van der Waals surface area contributed by atoms with Crippen LogP contribution in [-0.4, -0.2) is 69.0 Å². The highest BCUT2D eigenvalue weighted by Gasteiger charge is 2.35. The Morgan fingerprint density at radius 1 is 1.00 bits per heavy atom. The molecular weight excluding hydrogens is 467 g/mol. The molecule has 0 unspecified atom stereocenters. The SMILES string of the molecule is C[C@H](NC(=O)CN(C(=O)OCc1ccccc1)C1CC1)C(=O)N[C@@H](C)C(=O)N[C@@H](C)P(=O)(O)O. The molecule has 3 atom stereocenters. The van der Waals surface area contributed by atoms with Gasteiger partial charge in [0.2, 0.25) is 17.7 Å². The van der Waals surface area contributed by atoms with Gasteiger partial charge in [0, 0.05) is 6.04 Å². The van der Waals surface area contributed by atoms with Crippen LogP contribution in [0.4, 0.5) is 4.79 Å². The number of carbonyl (C=O) groups is 4. The summed E-state index contributed by atoms with van der Waals surface area (Å²) in [5.74, 6) is -3.45. The summed E-state index contributed by atoms with van der Waals surface area (Å²) in [6.45, 7) is 3.68. The van der Waals surface area contributed by atoms with Gasteiger partial charge in [-0.25, -0.2) is 4.79 Å². The maximum Gasteiger partial charge on any atom is 0.410 e. The molecule has 1 aliphatic carbocycles. The van der Waals surface area contributed by atoms with Gasteiger partial charge in [-0.3, -0.25) is 23.8 Å². The van der Waals surface area contributed by atoms with Gasteiger partial charge in [0.1, 0.15) is 31.0 Å². The van der Waals surface area contributed by atoms with Crippen molar-refractivity contribution in [3.05, 3.63) is 35.9 Å². The Labute approximate surface area is 197 Å². The van der Waals surface area contributed by atoms with E-state index >= 15 is 0 Å². The number of benzene rings is 1. The molecule has 12 nitrogen and oxygen atoms in total. The molecule has 1 aliphatic rings. The van der Waals surface area contributed by atoms with Gasteiger partial charge in [-0.05, 0) is 39.2 Å². The minimum Gasteiger partial charge on any atom is -0.445 e. The summed E-state index contributed by atoms with van der Waals surface area (Å²) in [4.78, 5) is 68.7. The van der Waals surface area contributed by atoms with Gasteiger partial charge < -0.3 is 30.5 Å². The van der Waals surface area contributed by atoms with Crippen LogP contribution in [0.5, 0.6) is 0 Å². The van der Waals surface area contributed by atoms with Crippen LogP contribution < -0.4 is 16.0 Å². The molecule has 0 heterocycles. The average Bonchev–Trinajstić information content (AvgIpc) is 3.60. The van der Waals surface area contributed by atoms with Gasteiger partial charge in [0.15, 0.2) is 0 Å². The molecule has 13 heteroatoms. The lowest BCUT2D eigenvalue weighted by Crippen LogP contribution is -2.54. The number of rotatable bonds is 11. The first-order valence-electron chi connectivity index (χ1n) is 10.8. The van der Waals surface area contributed by atoms with Crippen molar-refractivity contribution in [1.29, 1.82) is 0 Å². The van der Waals surface area contributed by atoms with Gasteiger partial charge in [-0.2, -0.15) is 0 Å². The molecule has 2 rings (SSSR count). The molecule has 0 radical (unpaired) electrons. The van der Waals surface area contributed by atoms with Gasteiger partial charge in [-0.1, -0.05) is 30.3 Å². The molecule has 0 saturated heterocycles. The lowest BCUT2D eigenvalue weighted by molar-refractivity contribution is -0.131. The lowest BCUT2D eigenvalue weighted by atomic mass is 10.2. The van der Waals surface area contributed by atoms with Crippen molar-refractivity contribution in [1.82, 2.24) is 20.9 Å². The van der Waals surface area contributed by atoms with E-state index in [0.717, 1.165) is 25.3 Å². The second kappa shape index (κ2) is 12.0. The highest BCUT2D eigenvalue weighted by atomic mass is 31.2. The van der Waals surface area contributed by atoms with Crippen LogP contribution >= 0.6 is 7.60 Å². The van der Waals surface area contributed by atoms with E-state index in [1.54, 1.807) is 0 Å². The normalized spacial score (nSPS) is 15.9. The number of amides is 4. The van der Waals surface area contributed by atoms with Crippen LogP contribution in [0.1, 0.15) is 39.2 Å². The smallest absolute Gasteiger partial charge is 0.410 e. The number of hydrogen-bond acceptors (Lipinski definition) is 6. The monoisotopic (exact) mass is 498 g/mol. The largest absolute Gasteiger partial charge is 0.445 e. The van der Waals surface area contributed by atoms with Gasteiger partial charge in [0.05, 0.1) is 0 Å². The first kappa shape index (κ1) is 27.3. The molecule has 1 aromatic rings. The van der Waals surface area contributed by atoms with E-state index in [1.807, 2.05) is 30.3 Å². The van der Waals surface area contributed by atoms with Crippen molar-refractivity contribution in [3.8, 4) is 0 Å². The minimum absolute atomic E-state index is 0.0733. The molecule has 1 aromatic carbocycles. The number of nitrogens with zero attached hydrogens (tertiary/aromatic N) is 1. The first-order chi connectivity index (χ1) is 15.9. The van der Waals surface area contributed by atoms with Gasteiger partial charge in [-0.15, -0.1) is 0 Å². The molecule has 0 aliphatic heterocycles. The first-order valence-corrected chi connectivity index (χ1v) is 12.5. The van der Waals surface area contributed by atoms with E-state index in [2.05, 4.69) is 16.0 Å². The summed E-state index contributed by atoms with van der Waals surface area (Å²) in [5, 5.41) is 6.97. The molecule has 5 N–H and O–H groups in total. The van der Waals surface area contributed by atoms with Crippen molar-refractivity contribution >= 4 is 31.4 Å². The van der Waals surface area contributed by atoms with Crippen molar-refractivity contribution < 1.29 is 38.3 Å². The highest BCUT2D eigenvalue weighted by Crippen LogP contribution is 2.39. The van der Waals surface area contributed by atoms with E-state index in [0.29, 0.717) is 0 Å². The van der Waals surface area contributed by atoms with Crippen LogP contribution in [0.15, 0.2) is 30.3 Å². The fraction of sp³-hybridized carbons (Fsp3) is 0.524. The van der Waals surface area contributed by atoms with Crippen molar-refractivity contribution in [2.45, 2.75) is 64.1 Å². The summed E-state index contributed by atoms with van der Waals surface area (Å²) < 4.78 is 16.5. The number of hydrogen-bond donors (Lipinski definition) is 5. The summed E-state index contributed by atoms with van der Waals surface area (Å²) in [5.41, 5.74) is 0.815. The second-order valence-electron chi connectivity index (χ2n) is 8.19. The zero-order chi connectivity index (χ0) is 25.5. The maximum atomic E-state index is 12.5. The Morgan fingerprint density at radius 2 is 1.56 bits per heavy atom. The zero-order valence-electron chi connectivity index (χ0n) is 19.3. The molecule has 34 heavy (non-hydrogen) atoms. The average molecular weight is 498 g/mol. The zero-order valence-corrected chi connectivity index (χ0v) is 20.2. The van der Waals surface area contributed by atoms with E-state index in [4.69, 9.17) is 14.5 Å².